The second-order valence-corrected chi connectivity index (χ2v) is 7.52. The number of nitro groups is 1. The van der Waals surface area contributed by atoms with Gasteiger partial charge in [0.25, 0.3) is 5.69 Å². The van der Waals surface area contributed by atoms with Gasteiger partial charge in [0, 0.05) is 11.6 Å². The van der Waals surface area contributed by atoms with Crippen molar-refractivity contribution in [2.75, 3.05) is 6.61 Å². The Kier molecular flexibility index (Phi) is 5.69. The summed E-state index contributed by atoms with van der Waals surface area (Å²) in [4.78, 5) is 26.8. The van der Waals surface area contributed by atoms with Crippen LogP contribution < -0.4 is 0 Å². The Morgan fingerprint density at radius 1 is 1.29 bits per heavy atom. The third-order valence-corrected chi connectivity index (χ3v) is 5.62. The van der Waals surface area contributed by atoms with E-state index >= 15 is 0 Å². The number of benzene rings is 1. The van der Waals surface area contributed by atoms with E-state index in [0.29, 0.717) is 10.4 Å². The Balaban J connectivity index is 2.15. The first-order chi connectivity index (χ1) is 14.5. The first-order valence-corrected chi connectivity index (χ1v) is 9.74. The predicted molar refractivity (Wildman–Crippen MR) is 107 cm³/mol. The first kappa shape index (κ1) is 22.2. The van der Waals surface area contributed by atoms with Gasteiger partial charge in [-0.3, -0.25) is 10.1 Å². The number of nitriles is 1. The summed E-state index contributed by atoms with van der Waals surface area (Å²) in [5.74, 6) is -1.07. The minimum absolute atomic E-state index is 0.0866. The highest BCUT2D eigenvalue weighted by Crippen LogP contribution is 2.48. The van der Waals surface area contributed by atoms with Gasteiger partial charge in [0.1, 0.15) is 16.0 Å². The number of aliphatic imine (C=N–C) groups is 1. The fourth-order valence-electron chi connectivity index (χ4n) is 3.31. The van der Waals surface area contributed by atoms with Gasteiger partial charge >= 0.3 is 12.1 Å². The van der Waals surface area contributed by atoms with Crippen LogP contribution in [0, 0.1) is 26.9 Å². The van der Waals surface area contributed by atoms with E-state index in [0.717, 1.165) is 18.3 Å². The van der Waals surface area contributed by atoms with E-state index in [4.69, 9.17) is 4.74 Å². The summed E-state index contributed by atoms with van der Waals surface area (Å²) in [7, 11) is 0. The van der Waals surface area contributed by atoms with Gasteiger partial charge in [0.15, 0.2) is 5.70 Å². The zero-order chi connectivity index (χ0) is 23.0. The summed E-state index contributed by atoms with van der Waals surface area (Å²) < 4.78 is 45.7. The highest BCUT2D eigenvalue weighted by atomic mass is 32.1. The predicted octanol–water partition coefficient (Wildman–Crippen LogP) is 5.14. The van der Waals surface area contributed by atoms with Crippen LogP contribution in [0.25, 0.3) is 16.0 Å². The van der Waals surface area contributed by atoms with Crippen LogP contribution in [0.1, 0.15) is 19.4 Å². The van der Waals surface area contributed by atoms with Gasteiger partial charge in [-0.1, -0.05) is 24.3 Å². The summed E-state index contributed by atoms with van der Waals surface area (Å²) >= 11 is 1.14. The molecule has 160 valence electrons. The van der Waals surface area contributed by atoms with Gasteiger partial charge < -0.3 is 4.74 Å². The number of nitrogens with zero attached hydrogens (tertiary/aromatic N) is 3. The molecule has 1 aromatic heterocycles. The van der Waals surface area contributed by atoms with Crippen molar-refractivity contribution in [1.29, 1.82) is 5.26 Å². The van der Waals surface area contributed by atoms with Crippen molar-refractivity contribution in [1.82, 2.24) is 0 Å². The van der Waals surface area contributed by atoms with Crippen LogP contribution in [0.4, 0.5) is 18.9 Å². The average molecular weight is 449 g/mol. The van der Waals surface area contributed by atoms with Crippen molar-refractivity contribution in [3.8, 4) is 16.5 Å². The van der Waals surface area contributed by atoms with Crippen LogP contribution >= 0.6 is 11.3 Å². The van der Waals surface area contributed by atoms with Crippen molar-refractivity contribution >= 4 is 34.3 Å². The van der Waals surface area contributed by atoms with Crippen molar-refractivity contribution in [3.63, 3.8) is 0 Å². The van der Waals surface area contributed by atoms with Crippen LogP contribution in [-0.4, -0.2) is 29.4 Å². The second kappa shape index (κ2) is 7.96. The molecule has 0 fully saturated rings. The van der Waals surface area contributed by atoms with Gasteiger partial charge in [-0.05, 0) is 30.4 Å². The quantitative estimate of drug-likeness (QED) is 0.357. The topological polar surface area (TPSA) is 106 Å². The summed E-state index contributed by atoms with van der Waals surface area (Å²) in [6, 6.07) is 8.74. The van der Waals surface area contributed by atoms with Crippen LogP contribution in [0.3, 0.4) is 0 Å². The average Bonchev–Trinajstić information content (AvgIpc) is 3.31. The summed E-state index contributed by atoms with van der Waals surface area (Å²) in [5, 5.41) is 22.3. The lowest BCUT2D eigenvalue weighted by Crippen LogP contribution is -2.36. The molecule has 0 amide bonds. The molecule has 2 aromatic rings. The third-order valence-electron chi connectivity index (χ3n) is 4.67. The number of esters is 1. The molecule has 2 heterocycles. The molecule has 1 aliphatic heterocycles. The van der Waals surface area contributed by atoms with Crippen LogP contribution in [0.15, 0.2) is 46.4 Å². The molecule has 0 saturated heterocycles. The summed E-state index contributed by atoms with van der Waals surface area (Å²) in [6.07, 6.45) is -4.94. The molecule has 1 aromatic carbocycles. The third kappa shape index (κ3) is 3.82. The van der Waals surface area contributed by atoms with Gasteiger partial charge in [-0.15, -0.1) is 11.3 Å². The molecule has 1 unspecified atom stereocenters. The molecular formula is C20H14F3N3O4S. The van der Waals surface area contributed by atoms with E-state index in [-0.39, 0.29) is 23.4 Å². The maximum atomic E-state index is 13.6. The molecule has 7 nitrogen and oxygen atoms in total. The largest absolute Gasteiger partial charge is 0.461 e. The van der Waals surface area contributed by atoms with E-state index in [2.05, 4.69) is 4.99 Å². The Hall–Kier alpha value is -3.52. The molecule has 0 N–H and O–H groups in total. The number of rotatable bonds is 5. The molecule has 0 aliphatic carbocycles. The fourth-order valence-corrected chi connectivity index (χ4v) is 4.18. The Labute approximate surface area is 178 Å². The van der Waals surface area contributed by atoms with E-state index in [1.807, 2.05) is 0 Å². The first-order valence-electron chi connectivity index (χ1n) is 8.86. The van der Waals surface area contributed by atoms with Gasteiger partial charge in [-0.25, -0.2) is 9.79 Å². The number of allylic oxidation sites excluding steroid dienone is 1. The van der Waals surface area contributed by atoms with Crippen LogP contribution in [0.2, 0.25) is 0 Å². The summed E-state index contributed by atoms with van der Waals surface area (Å²) in [6.45, 7) is 2.45. The molecule has 3 rings (SSSR count). The smallest absolute Gasteiger partial charge is 0.431 e. The molecule has 1 aliphatic rings. The fraction of sp³-hybridized carbons (Fsp3) is 0.250. The number of halogens is 3. The van der Waals surface area contributed by atoms with Crippen LogP contribution in [0.5, 0.6) is 0 Å². The highest BCUT2D eigenvalue weighted by molar-refractivity contribution is 7.14. The maximum absolute atomic E-state index is 13.6. The molecule has 11 heteroatoms. The molecule has 0 bridgehead atoms. The number of carbonyl (C=O) groups is 1. The standard InChI is InChI=1S/C20H14F3N3O4S/c1-3-30-17(27)15-14(19(2,10-24)18(25-15)20(21,22)23)11-4-6-12(7-5-11)16-13(26(28)29)8-9-31-16/h4-9H,3H2,1-2H3. The Morgan fingerprint density at radius 3 is 2.42 bits per heavy atom. The van der Waals surface area contributed by atoms with E-state index in [1.54, 1.807) is 11.4 Å². The van der Waals surface area contributed by atoms with Crippen molar-refractivity contribution in [2.24, 2.45) is 10.4 Å². The van der Waals surface area contributed by atoms with Crippen molar-refractivity contribution < 1.29 is 27.6 Å². The van der Waals surface area contributed by atoms with Crippen molar-refractivity contribution in [2.45, 2.75) is 20.0 Å². The second-order valence-electron chi connectivity index (χ2n) is 6.61. The number of hydrogen-bond acceptors (Lipinski definition) is 7. The lowest BCUT2D eigenvalue weighted by molar-refractivity contribution is -0.383. The van der Waals surface area contributed by atoms with Gasteiger partial charge in [0.2, 0.25) is 0 Å². The van der Waals surface area contributed by atoms with E-state index in [9.17, 15) is 33.3 Å². The van der Waals surface area contributed by atoms with Crippen molar-refractivity contribution in [3.05, 3.63) is 57.1 Å². The highest BCUT2D eigenvalue weighted by Gasteiger charge is 2.55. The van der Waals surface area contributed by atoms with E-state index in [1.165, 1.54) is 37.3 Å². The number of ether oxygens (including phenoxy) is 1. The monoisotopic (exact) mass is 449 g/mol. The molecule has 0 saturated carbocycles. The van der Waals surface area contributed by atoms with E-state index < -0.39 is 33.9 Å². The molecule has 0 spiro atoms. The molecule has 0 radical (unpaired) electrons. The molecular weight excluding hydrogens is 435 g/mol. The minimum Gasteiger partial charge on any atom is -0.461 e. The number of alkyl halides is 3. The number of carbonyl (C=O) groups excluding carboxylic acids is 1. The number of hydrogen-bond donors (Lipinski definition) is 0. The Bertz CT molecular complexity index is 1160. The SMILES string of the molecule is CCOC(=O)C1=C(c2ccc(-c3sccc3[N+](=O)[O-])cc2)C(C)(C#N)C(C(F)(F)F)=N1. The Morgan fingerprint density at radius 2 is 1.90 bits per heavy atom. The summed E-state index contributed by atoms with van der Waals surface area (Å²) in [5.41, 5.74) is -3.94. The normalized spacial score (nSPS) is 18.5. The van der Waals surface area contributed by atoms with Gasteiger partial charge in [0.05, 0.1) is 17.6 Å². The number of thiophene rings is 1. The zero-order valence-electron chi connectivity index (χ0n) is 16.2. The lowest BCUT2D eigenvalue weighted by Gasteiger charge is -2.23. The zero-order valence-corrected chi connectivity index (χ0v) is 17.0. The van der Waals surface area contributed by atoms with Gasteiger partial charge in [-0.2, -0.15) is 18.4 Å². The lowest BCUT2D eigenvalue weighted by atomic mass is 9.76. The minimum atomic E-state index is -4.94. The molecule has 1 atom stereocenters. The maximum Gasteiger partial charge on any atom is 0.431 e. The van der Waals surface area contributed by atoms with Crippen LogP contribution in [-0.2, 0) is 9.53 Å². The molecule has 31 heavy (non-hydrogen) atoms.